The van der Waals surface area contributed by atoms with Gasteiger partial charge in [0, 0.05) is 11.4 Å². The monoisotopic (exact) mass is 324 g/mol. The molecule has 0 radical (unpaired) electrons. The van der Waals surface area contributed by atoms with Crippen LogP contribution in [0.25, 0.3) is 0 Å². The van der Waals surface area contributed by atoms with Gasteiger partial charge in [-0.15, -0.1) is 0 Å². The van der Waals surface area contributed by atoms with Gasteiger partial charge in [0.25, 0.3) is 0 Å². The fourth-order valence-corrected chi connectivity index (χ4v) is 2.52. The van der Waals surface area contributed by atoms with E-state index in [1.54, 1.807) is 0 Å². The third-order valence-electron chi connectivity index (χ3n) is 3.90. The zero-order chi connectivity index (χ0) is 17.5. The average molecular weight is 324 g/mol. The number of rotatable bonds is 7. The standard InChI is InChI=1S/C20H28N4/c1-6-18-13-19(7-2)22-20(21-18)24-23-15(5)17-10-8-16(9-11-17)12-14(3)4/h8-11,13-14H,6-7,12H2,1-5H3,(H,21,22,24). The third-order valence-corrected chi connectivity index (χ3v) is 3.90. The molecule has 0 bridgehead atoms. The maximum absolute atomic E-state index is 4.48. The van der Waals surface area contributed by atoms with E-state index in [0.29, 0.717) is 11.9 Å². The lowest BCUT2D eigenvalue weighted by Crippen LogP contribution is -2.05. The van der Waals surface area contributed by atoms with E-state index in [-0.39, 0.29) is 0 Å². The van der Waals surface area contributed by atoms with Crippen LogP contribution in [0.1, 0.15) is 57.1 Å². The fourth-order valence-electron chi connectivity index (χ4n) is 2.52. The van der Waals surface area contributed by atoms with Gasteiger partial charge in [0.15, 0.2) is 0 Å². The van der Waals surface area contributed by atoms with Crippen molar-refractivity contribution in [1.82, 2.24) is 9.97 Å². The van der Waals surface area contributed by atoms with E-state index in [1.165, 1.54) is 5.56 Å². The van der Waals surface area contributed by atoms with Gasteiger partial charge in [-0.1, -0.05) is 52.0 Å². The summed E-state index contributed by atoms with van der Waals surface area (Å²) in [5, 5.41) is 4.45. The molecule has 0 fully saturated rings. The Hall–Kier alpha value is -2.23. The molecular formula is C20H28N4. The number of aromatic nitrogens is 2. The first kappa shape index (κ1) is 18.1. The molecule has 0 aliphatic rings. The lowest BCUT2D eigenvalue weighted by atomic mass is 10.0. The molecule has 2 aromatic rings. The zero-order valence-electron chi connectivity index (χ0n) is 15.4. The molecule has 1 N–H and O–H groups in total. The predicted molar refractivity (Wildman–Crippen MR) is 102 cm³/mol. The molecule has 0 saturated carbocycles. The van der Waals surface area contributed by atoms with Crippen molar-refractivity contribution in [3.8, 4) is 0 Å². The van der Waals surface area contributed by atoms with Crippen LogP contribution in [0, 0.1) is 5.92 Å². The van der Waals surface area contributed by atoms with Crippen LogP contribution in [-0.2, 0) is 19.3 Å². The molecule has 4 heteroatoms. The molecule has 24 heavy (non-hydrogen) atoms. The van der Waals surface area contributed by atoms with Gasteiger partial charge in [0.1, 0.15) is 0 Å². The minimum absolute atomic E-state index is 0.571. The maximum Gasteiger partial charge on any atom is 0.243 e. The SMILES string of the molecule is CCc1cc(CC)nc(NN=C(C)c2ccc(CC(C)C)cc2)n1. The number of nitrogens with one attached hydrogen (secondary N) is 1. The van der Waals surface area contributed by atoms with Crippen LogP contribution < -0.4 is 5.43 Å². The first-order valence-electron chi connectivity index (χ1n) is 8.78. The van der Waals surface area contributed by atoms with Crippen molar-refractivity contribution in [2.75, 3.05) is 5.43 Å². The molecule has 0 spiro atoms. The summed E-state index contributed by atoms with van der Waals surface area (Å²) >= 11 is 0. The van der Waals surface area contributed by atoms with Crippen LogP contribution in [0.5, 0.6) is 0 Å². The third kappa shape index (κ3) is 5.15. The summed E-state index contributed by atoms with van der Waals surface area (Å²) in [6.07, 6.45) is 2.89. The summed E-state index contributed by atoms with van der Waals surface area (Å²) in [7, 11) is 0. The van der Waals surface area contributed by atoms with Crippen LogP contribution in [0.2, 0.25) is 0 Å². The summed E-state index contributed by atoms with van der Waals surface area (Å²) in [5.41, 5.74) is 8.48. The van der Waals surface area contributed by atoms with Crippen molar-refractivity contribution < 1.29 is 0 Å². The van der Waals surface area contributed by atoms with Crippen LogP contribution >= 0.6 is 0 Å². The molecule has 0 aliphatic heterocycles. The van der Waals surface area contributed by atoms with Crippen LogP contribution in [-0.4, -0.2) is 15.7 Å². The number of hydrogen-bond acceptors (Lipinski definition) is 4. The predicted octanol–water partition coefficient (Wildman–Crippen LogP) is 4.64. The second-order valence-corrected chi connectivity index (χ2v) is 6.49. The highest BCUT2D eigenvalue weighted by Gasteiger charge is 2.04. The first-order chi connectivity index (χ1) is 11.5. The van der Waals surface area contributed by atoms with Crippen LogP contribution in [0.3, 0.4) is 0 Å². The van der Waals surface area contributed by atoms with Gasteiger partial charge in [-0.3, -0.25) is 0 Å². The molecule has 2 rings (SSSR count). The van der Waals surface area contributed by atoms with Gasteiger partial charge in [-0.05, 0) is 49.3 Å². The van der Waals surface area contributed by atoms with Gasteiger partial charge in [-0.2, -0.15) is 5.10 Å². The molecule has 0 aliphatic carbocycles. The van der Waals surface area contributed by atoms with Crippen LogP contribution in [0.4, 0.5) is 5.95 Å². The molecule has 4 nitrogen and oxygen atoms in total. The quantitative estimate of drug-likeness (QED) is 0.596. The van der Waals surface area contributed by atoms with Crippen molar-refractivity contribution in [3.63, 3.8) is 0 Å². The van der Waals surface area contributed by atoms with Gasteiger partial charge >= 0.3 is 0 Å². The summed E-state index contributed by atoms with van der Waals surface area (Å²) in [4.78, 5) is 8.97. The molecule has 0 amide bonds. The Balaban J connectivity index is 2.11. The van der Waals surface area contributed by atoms with Gasteiger partial charge in [-0.25, -0.2) is 15.4 Å². The first-order valence-corrected chi connectivity index (χ1v) is 8.78. The fraction of sp³-hybridized carbons (Fsp3) is 0.450. The molecule has 1 aromatic heterocycles. The van der Waals surface area contributed by atoms with E-state index in [1.807, 2.05) is 6.92 Å². The highest BCUT2D eigenvalue weighted by molar-refractivity contribution is 5.99. The van der Waals surface area contributed by atoms with E-state index in [0.717, 1.165) is 41.9 Å². The number of aryl methyl sites for hydroxylation is 2. The summed E-state index contributed by atoms with van der Waals surface area (Å²) in [6.45, 7) is 10.7. The largest absolute Gasteiger partial charge is 0.245 e. The number of benzene rings is 1. The minimum Gasteiger partial charge on any atom is -0.245 e. The van der Waals surface area contributed by atoms with Crippen molar-refractivity contribution in [2.24, 2.45) is 11.0 Å². The van der Waals surface area contributed by atoms with Gasteiger partial charge < -0.3 is 0 Å². The Labute approximate surface area is 145 Å². The Morgan fingerprint density at radius 3 is 2.12 bits per heavy atom. The molecule has 0 atom stereocenters. The molecule has 1 heterocycles. The smallest absolute Gasteiger partial charge is 0.243 e. The van der Waals surface area contributed by atoms with Gasteiger partial charge in [0.05, 0.1) is 5.71 Å². The van der Waals surface area contributed by atoms with E-state index in [2.05, 4.69) is 78.5 Å². The normalized spacial score (nSPS) is 11.8. The number of anilines is 1. The molecule has 0 saturated heterocycles. The van der Waals surface area contributed by atoms with E-state index in [4.69, 9.17) is 0 Å². The summed E-state index contributed by atoms with van der Waals surface area (Å²) in [5.74, 6) is 1.24. The zero-order valence-corrected chi connectivity index (χ0v) is 15.4. The number of hydrogen-bond donors (Lipinski definition) is 1. The minimum atomic E-state index is 0.571. The maximum atomic E-state index is 4.48. The van der Waals surface area contributed by atoms with Crippen molar-refractivity contribution in [2.45, 2.75) is 53.9 Å². The van der Waals surface area contributed by atoms with E-state index in [9.17, 15) is 0 Å². The van der Waals surface area contributed by atoms with Gasteiger partial charge in [0.2, 0.25) is 5.95 Å². The Bertz CT molecular complexity index is 665. The van der Waals surface area contributed by atoms with E-state index < -0.39 is 0 Å². The molecule has 1 aromatic carbocycles. The number of nitrogens with zero attached hydrogens (tertiary/aromatic N) is 3. The van der Waals surface area contributed by atoms with Crippen molar-refractivity contribution in [3.05, 3.63) is 52.8 Å². The Kier molecular flexibility index (Phi) is 6.47. The lowest BCUT2D eigenvalue weighted by molar-refractivity contribution is 0.647. The molecule has 128 valence electrons. The lowest BCUT2D eigenvalue weighted by Gasteiger charge is -2.08. The summed E-state index contributed by atoms with van der Waals surface area (Å²) in [6, 6.07) is 10.7. The average Bonchev–Trinajstić information content (AvgIpc) is 2.59. The second kappa shape index (κ2) is 8.57. The van der Waals surface area contributed by atoms with Crippen molar-refractivity contribution >= 4 is 11.7 Å². The topological polar surface area (TPSA) is 50.2 Å². The highest BCUT2D eigenvalue weighted by Crippen LogP contribution is 2.11. The van der Waals surface area contributed by atoms with Crippen LogP contribution in [0.15, 0.2) is 35.4 Å². The Morgan fingerprint density at radius 2 is 1.62 bits per heavy atom. The second-order valence-electron chi connectivity index (χ2n) is 6.49. The molecular weight excluding hydrogens is 296 g/mol. The summed E-state index contributed by atoms with van der Waals surface area (Å²) < 4.78 is 0. The Morgan fingerprint density at radius 1 is 1.04 bits per heavy atom. The van der Waals surface area contributed by atoms with Crippen molar-refractivity contribution in [1.29, 1.82) is 0 Å². The number of hydrazone groups is 1. The van der Waals surface area contributed by atoms with E-state index >= 15 is 0 Å². The molecule has 0 unspecified atom stereocenters. The highest BCUT2D eigenvalue weighted by atomic mass is 15.4.